The number of carbonyl (C=O) groups is 1. The van der Waals surface area contributed by atoms with Gasteiger partial charge in [0.1, 0.15) is 10.7 Å². The number of nitrogens with zero attached hydrogens (tertiary/aromatic N) is 5. The molecule has 196 valence electrons. The fourth-order valence-electron chi connectivity index (χ4n) is 3.18. The minimum atomic E-state index is -5.08. The molecular weight excluding hydrogens is 557 g/mol. The summed E-state index contributed by atoms with van der Waals surface area (Å²) in [5, 5.41) is 10.4. The Bertz CT molecular complexity index is 1150. The molecule has 2 N–H and O–H groups in total. The number of aromatic nitrogens is 3. The lowest BCUT2D eigenvalue weighted by atomic mass is 10.3. The summed E-state index contributed by atoms with van der Waals surface area (Å²) in [6.07, 6.45) is -1.80. The van der Waals surface area contributed by atoms with Crippen molar-refractivity contribution in [1.82, 2.24) is 23.7 Å². The van der Waals surface area contributed by atoms with Gasteiger partial charge in [0.25, 0.3) is 0 Å². The van der Waals surface area contributed by atoms with Gasteiger partial charge in [-0.2, -0.15) is 17.5 Å². The largest absolute Gasteiger partial charge is 0.490 e. The number of nitrogens with one attached hydrogen (secondary N) is 1. The lowest BCUT2D eigenvalue weighted by molar-refractivity contribution is -0.192. The molecule has 35 heavy (non-hydrogen) atoms. The van der Waals surface area contributed by atoms with Crippen molar-refractivity contribution in [1.29, 1.82) is 0 Å². The highest BCUT2D eigenvalue weighted by molar-refractivity contribution is 9.10. The van der Waals surface area contributed by atoms with E-state index in [1.165, 1.54) is 6.20 Å². The Kier molecular flexibility index (Phi) is 9.67. The summed E-state index contributed by atoms with van der Waals surface area (Å²) in [5.41, 5.74) is 2.83. The van der Waals surface area contributed by atoms with E-state index in [1.807, 2.05) is 34.1 Å². The van der Waals surface area contributed by atoms with Gasteiger partial charge in [-0.3, -0.25) is 0 Å². The van der Waals surface area contributed by atoms with Crippen LogP contribution in [0.3, 0.4) is 0 Å². The lowest BCUT2D eigenvalue weighted by Gasteiger charge is -2.31. The van der Waals surface area contributed by atoms with Crippen molar-refractivity contribution in [3.8, 4) is 0 Å². The maximum absolute atomic E-state index is 13.0. The Hall–Kier alpha value is -2.23. The van der Waals surface area contributed by atoms with Gasteiger partial charge in [-0.15, -0.1) is 0 Å². The second-order valence-corrected chi connectivity index (χ2v) is 10.7. The molecule has 0 saturated carbocycles. The standard InChI is InChI=1S/C18H27BrN6O2S.C2HF3O2/c1-13-16(28(26,27)25-9-7-23(4)8-10-25)11-21-18(17(13)19)20-5-6-24-12-22-14(2)15(24)3;3-2(4,5)1(6)7/h11-12H,5-10H2,1-4H3,(H,20,21);(H,6,7). The molecule has 15 heteroatoms. The van der Waals surface area contributed by atoms with Crippen LogP contribution < -0.4 is 5.32 Å². The van der Waals surface area contributed by atoms with Crippen LogP contribution in [0.25, 0.3) is 0 Å². The van der Waals surface area contributed by atoms with Crippen LogP contribution >= 0.6 is 15.9 Å². The Morgan fingerprint density at radius 3 is 2.23 bits per heavy atom. The number of aliphatic carboxylic acids is 1. The van der Waals surface area contributed by atoms with Gasteiger partial charge in [0.2, 0.25) is 10.0 Å². The van der Waals surface area contributed by atoms with E-state index in [-0.39, 0.29) is 4.90 Å². The molecule has 0 unspecified atom stereocenters. The number of sulfonamides is 1. The number of hydrogen-bond donors (Lipinski definition) is 2. The molecule has 2 aromatic rings. The van der Waals surface area contributed by atoms with Crippen LogP contribution in [0, 0.1) is 20.8 Å². The maximum Gasteiger partial charge on any atom is 0.490 e. The van der Waals surface area contributed by atoms with Crippen LogP contribution in [-0.2, 0) is 21.4 Å². The molecule has 0 aliphatic carbocycles. The first kappa shape index (κ1) is 29.0. The third-order valence-electron chi connectivity index (χ3n) is 5.53. The van der Waals surface area contributed by atoms with Gasteiger partial charge in [0.05, 0.1) is 16.5 Å². The Morgan fingerprint density at radius 2 is 1.74 bits per heavy atom. The number of likely N-dealkylation sites (N-methyl/N-ethyl adjacent to an activating group) is 1. The summed E-state index contributed by atoms with van der Waals surface area (Å²) in [7, 11) is -1.55. The van der Waals surface area contributed by atoms with Gasteiger partial charge in [-0.25, -0.2) is 23.2 Å². The maximum atomic E-state index is 13.0. The third-order valence-corrected chi connectivity index (χ3v) is 8.51. The molecule has 0 amide bonds. The highest BCUT2D eigenvalue weighted by Gasteiger charge is 2.38. The first-order valence-corrected chi connectivity index (χ1v) is 12.8. The lowest BCUT2D eigenvalue weighted by Crippen LogP contribution is -2.47. The Morgan fingerprint density at radius 1 is 1.17 bits per heavy atom. The minimum absolute atomic E-state index is 0.260. The summed E-state index contributed by atoms with van der Waals surface area (Å²) in [5.74, 6) is -2.11. The fourth-order valence-corrected chi connectivity index (χ4v) is 5.36. The molecular formula is C20H28BrF3N6O4S. The molecule has 0 spiro atoms. The van der Waals surface area contributed by atoms with Gasteiger partial charge in [-0.05, 0) is 49.3 Å². The first-order valence-electron chi connectivity index (χ1n) is 10.5. The van der Waals surface area contributed by atoms with Crippen LogP contribution in [-0.4, -0.2) is 89.2 Å². The normalized spacial score (nSPS) is 15.4. The molecule has 1 aliphatic heterocycles. The number of rotatable bonds is 6. The molecule has 0 atom stereocenters. The molecule has 2 aromatic heterocycles. The van der Waals surface area contributed by atoms with Crippen LogP contribution in [0.15, 0.2) is 21.9 Å². The monoisotopic (exact) mass is 584 g/mol. The summed E-state index contributed by atoms with van der Waals surface area (Å²) < 4.78 is 62.1. The Balaban J connectivity index is 0.000000540. The van der Waals surface area contributed by atoms with E-state index in [0.29, 0.717) is 35.5 Å². The van der Waals surface area contributed by atoms with Crippen LogP contribution in [0.4, 0.5) is 19.0 Å². The highest BCUT2D eigenvalue weighted by Crippen LogP contribution is 2.30. The highest BCUT2D eigenvalue weighted by atomic mass is 79.9. The smallest absolute Gasteiger partial charge is 0.475 e. The van der Waals surface area contributed by atoms with Crippen molar-refractivity contribution < 1.29 is 31.5 Å². The van der Waals surface area contributed by atoms with Crippen LogP contribution in [0.2, 0.25) is 0 Å². The van der Waals surface area contributed by atoms with Crippen LogP contribution in [0.1, 0.15) is 17.0 Å². The van der Waals surface area contributed by atoms with Crippen molar-refractivity contribution >= 4 is 37.7 Å². The zero-order valence-electron chi connectivity index (χ0n) is 19.7. The summed E-state index contributed by atoms with van der Waals surface area (Å²) in [6.45, 7) is 9.72. The molecule has 1 aliphatic rings. The SMILES string of the molecule is Cc1ncn(CCNc2ncc(S(=O)(=O)N3CCN(C)CC3)c(C)c2Br)c1C.O=C(O)C(F)(F)F. The predicted molar refractivity (Wildman–Crippen MR) is 127 cm³/mol. The molecule has 0 bridgehead atoms. The van der Waals surface area contributed by atoms with E-state index in [4.69, 9.17) is 9.90 Å². The second kappa shape index (κ2) is 11.7. The zero-order chi connectivity index (χ0) is 26.6. The van der Waals surface area contributed by atoms with Gasteiger partial charge >= 0.3 is 12.1 Å². The first-order chi connectivity index (χ1) is 16.2. The van der Waals surface area contributed by atoms with Gasteiger partial charge < -0.3 is 19.9 Å². The quantitative estimate of drug-likeness (QED) is 0.531. The molecule has 10 nitrogen and oxygen atoms in total. The number of pyridine rings is 1. The van der Waals surface area contributed by atoms with Crippen molar-refractivity contribution in [3.63, 3.8) is 0 Å². The van der Waals surface area contributed by atoms with E-state index in [1.54, 1.807) is 4.31 Å². The van der Waals surface area contributed by atoms with E-state index in [9.17, 15) is 21.6 Å². The summed E-state index contributed by atoms with van der Waals surface area (Å²) in [4.78, 5) is 20.0. The number of aryl methyl sites for hydroxylation is 1. The number of piperazine rings is 1. The van der Waals surface area contributed by atoms with Crippen molar-refractivity contribution in [3.05, 3.63) is 33.9 Å². The van der Waals surface area contributed by atoms with Gasteiger partial charge in [-0.1, -0.05) is 0 Å². The fraction of sp³-hybridized carbons (Fsp3) is 0.550. The summed E-state index contributed by atoms with van der Waals surface area (Å²) in [6, 6.07) is 0. The number of hydrogen-bond acceptors (Lipinski definition) is 7. The third kappa shape index (κ3) is 7.38. The van der Waals surface area contributed by atoms with Crippen molar-refractivity contribution in [2.24, 2.45) is 0 Å². The molecule has 0 radical (unpaired) electrons. The van der Waals surface area contributed by atoms with Crippen LogP contribution in [0.5, 0.6) is 0 Å². The molecule has 3 rings (SSSR count). The number of carboxylic acid groups (broad SMARTS) is 1. The number of imidazole rings is 1. The topological polar surface area (TPSA) is 121 Å². The average molecular weight is 585 g/mol. The van der Waals surface area contributed by atoms with Crippen molar-refractivity contribution in [2.45, 2.75) is 38.4 Å². The summed E-state index contributed by atoms with van der Waals surface area (Å²) >= 11 is 3.53. The molecule has 3 heterocycles. The number of halogens is 4. The number of alkyl halides is 3. The van der Waals surface area contributed by atoms with E-state index < -0.39 is 22.2 Å². The van der Waals surface area contributed by atoms with E-state index in [2.05, 4.69) is 40.7 Å². The zero-order valence-corrected chi connectivity index (χ0v) is 22.1. The Labute approximate surface area is 210 Å². The average Bonchev–Trinajstić information content (AvgIpc) is 3.09. The van der Waals surface area contributed by atoms with E-state index in [0.717, 1.165) is 31.0 Å². The van der Waals surface area contributed by atoms with E-state index >= 15 is 0 Å². The van der Waals surface area contributed by atoms with Gasteiger partial charge in [0, 0.05) is 51.2 Å². The number of anilines is 1. The minimum Gasteiger partial charge on any atom is -0.475 e. The number of carboxylic acids is 1. The molecule has 1 saturated heterocycles. The van der Waals surface area contributed by atoms with Crippen molar-refractivity contribution in [2.75, 3.05) is 45.1 Å². The second-order valence-electron chi connectivity index (χ2n) is 7.96. The molecule has 1 fully saturated rings. The van der Waals surface area contributed by atoms with Gasteiger partial charge in [0.15, 0.2) is 0 Å². The molecule has 0 aromatic carbocycles. The predicted octanol–water partition coefficient (Wildman–Crippen LogP) is 2.65.